The van der Waals surface area contributed by atoms with E-state index in [2.05, 4.69) is 0 Å². The molecular weight excluding hydrogens is 162 g/mol. The molecule has 0 saturated carbocycles. The van der Waals surface area contributed by atoms with Crippen LogP contribution in [-0.4, -0.2) is 32.8 Å². The molecule has 0 aromatic rings. The van der Waals surface area contributed by atoms with Gasteiger partial charge in [0, 0.05) is 13.8 Å². The van der Waals surface area contributed by atoms with Gasteiger partial charge in [-0.2, -0.15) is 4.74 Å². The van der Waals surface area contributed by atoms with Crippen LogP contribution in [0.2, 0.25) is 0 Å². The highest BCUT2D eigenvalue weighted by atomic mass is 32.2. The van der Waals surface area contributed by atoms with Gasteiger partial charge in [-0.1, -0.05) is 11.8 Å². The SMILES string of the molecule is CSC1=[N+]([O-])C(C)(C)C(O)C1. The molecule has 3 nitrogen and oxygen atoms in total. The number of aliphatic hydroxyl groups excluding tert-OH is 1. The quantitative estimate of drug-likeness (QED) is 0.437. The van der Waals surface area contributed by atoms with Crippen molar-refractivity contribution in [2.45, 2.75) is 31.9 Å². The second-order valence-corrected chi connectivity index (χ2v) is 4.15. The van der Waals surface area contributed by atoms with Gasteiger partial charge in [-0.15, -0.1) is 0 Å². The average Bonchev–Trinajstić information content (AvgIpc) is 2.14. The van der Waals surface area contributed by atoms with Gasteiger partial charge in [-0.05, 0) is 6.26 Å². The molecule has 0 aromatic heterocycles. The molecule has 0 bridgehead atoms. The van der Waals surface area contributed by atoms with E-state index in [1.165, 1.54) is 11.8 Å². The van der Waals surface area contributed by atoms with Crippen LogP contribution in [0, 0.1) is 5.21 Å². The average molecular weight is 175 g/mol. The van der Waals surface area contributed by atoms with E-state index in [0.717, 1.165) is 9.78 Å². The molecule has 64 valence electrons. The van der Waals surface area contributed by atoms with Crippen LogP contribution in [0.15, 0.2) is 0 Å². The van der Waals surface area contributed by atoms with Crippen LogP contribution >= 0.6 is 11.8 Å². The second kappa shape index (κ2) is 2.68. The minimum absolute atomic E-state index is 0.498. The minimum atomic E-state index is -0.641. The van der Waals surface area contributed by atoms with Gasteiger partial charge < -0.3 is 10.3 Å². The Morgan fingerprint density at radius 2 is 2.27 bits per heavy atom. The lowest BCUT2D eigenvalue weighted by Crippen LogP contribution is -2.39. The molecule has 0 amide bonds. The van der Waals surface area contributed by atoms with E-state index in [1.54, 1.807) is 13.8 Å². The van der Waals surface area contributed by atoms with Crippen LogP contribution < -0.4 is 0 Å². The van der Waals surface area contributed by atoms with E-state index in [0.29, 0.717) is 6.42 Å². The molecule has 1 N–H and O–H groups in total. The molecule has 0 aromatic carbocycles. The van der Waals surface area contributed by atoms with E-state index in [-0.39, 0.29) is 0 Å². The van der Waals surface area contributed by atoms with Gasteiger partial charge >= 0.3 is 0 Å². The number of thioether (sulfide) groups is 1. The summed E-state index contributed by atoms with van der Waals surface area (Å²) in [6.07, 6.45) is 1.83. The number of nitrogens with zero attached hydrogens (tertiary/aromatic N) is 1. The molecule has 1 rings (SSSR count). The standard InChI is InChI=1S/C7H13NO2S/c1-7(2)5(9)4-6(11-3)8(7)10/h5,9H,4H2,1-3H3. The third kappa shape index (κ3) is 1.25. The Morgan fingerprint density at radius 1 is 1.73 bits per heavy atom. The topological polar surface area (TPSA) is 46.3 Å². The molecule has 1 atom stereocenters. The Labute approximate surface area is 70.7 Å². The molecule has 0 aliphatic carbocycles. The molecule has 1 aliphatic rings. The maximum Gasteiger partial charge on any atom is 0.224 e. The number of hydrogen-bond acceptors (Lipinski definition) is 3. The van der Waals surface area contributed by atoms with Crippen molar-refractivity contribution < 1.29 is 9.85 Å². The van der Waals surface area contributed by atoms with E-state index in [4.69, 9.17) is 0 Å². The van der Waals surface area contributed by atoms with Gasteiger partial charge in [0.05, 0.1) is 6.42 Å². The zero-order valence-corrected chi connectivity index (χ0v) is 7.81. The summed E-state index contributed by atoms with van der Waals surface area (Å²) in [4.78, 5) is 0. The molecule has 4 heteroatoms. The van der Waals surface area contributed by atoms with Crippen LogP contribution in [-0.2, 0) is 0 Å². The monoisotopic (exact) mass is 175 g/mol. The number of hydrogen-bond donors (Lipinski definition) is 1. The summed E-state index contributed by atoms with van der Waals surface area (Å²) in [7, 11) is 0. The summed E-state index contributed by atoms with van der Waals surface area (Å²) >= 11 is 1.42. The summed E-state index contributed by atoms with van der Waals surface area (Å²) in [6.45, 7) is 3.52. The summed E-state index contributed by atoms with van der Waals surface area (Å²) in [6, 6.07) is 0. The lowest BCUT2D eigenvalue weighted by Gasteiger charge is -2.21. The predicted molar refractivity (Wildman–Crippen MR) is 46.9 cm³/mol. The first kappa shape index (κ1) is 8.87. The van der Waals surface area contributed by atoms with E-state index >= 15 is 0 Å². The molecular formula is C7H13NO2S. The smallest absolute Gasteiger partial charge is 0.224 e. The first-order chi connectivity index (χ1) is 5.00. The first-order valence-electron chi connectivity index (χ1n) is 3.55. The summed E-state index contributed by atoms with van der Waals surface area (Å²) in [5.41, 5.74) is -0.641. The molecule has 1 unspecified atom stereocenters. The van der Waals surface area contributed by atoms with Gasteiger partial charge in [-0.25, -0.2) is 0 Å². The zero-order valence-electron chi connectivity index (χ0n) is 7.00. The Kier molecular flexibility index (Phi) is 2.16. The van der Waals surface area contributed by atoms with E-state index in [1.807, 2.05) is 6.26 Å². The molecule has 0 saturated heterocycles. The normalized spacial score (nSPS) is 29.6. The summed E-state index contributed by atoms with van der Waals surface area (Å²) in [5.74, 6) is 0. The van der Waals surface area contributed by atoms with Crippen molar-refractivity contribution >= 4 is 16.8 Å². The second-order valence-electron chi connectivity index (χ2n) is 3.27. The Balaban J connectivity index is 2.92. The van der Waals surface area contributed by atoms with Crippen molar-refractivity contribution in [3.8, 4) is 0 Å². The number of rotatable bonds is 0. The third-order valence-corrected chi connectivity index (χ3v) is 2.97. The van der Waals surface area contributed by atoms with E-state index in [9.17, 15) is 10.3 Å². The third-order valence-electron chi connectivity index (χ3n) is 2.17. The largest absolute Gasteiger partial charge is 0.623 e. The molecule has 0 spiro atoms. The van der Waals surface area contributed by atoms with Gasteiger partial charge in [0.15, 0.2) is 5.54 Å². The van der Waals surface area contributed by atoms with Crippen LogP contribution in [0.1, 0.15) is 20.3 Å². The lowest BCUT2D eigenvalue weighted by molar-refractivity contribution is -0.539. The van der Waals surface area contributed by atoms with Crippen LogP contribution in [0.3, 0.4) is 0 Å². The highest BCUT2D eigenvalue weighted by Crippen LogP contribution is 2.27. The van der Waals surface area contributed by atoms with Crippen molar-refractivity contribution in [3.05, 3.63) is 5.21 Å². The molecule has 1 aliphatic heterocycles. The van der Waals surface area contributed by atoms with Crippen molar-refractivity contribution in [2.24, 2.45) is 0 Å². The highest BCUT2D eigenvalue weighted by Gasteiger charge is 2.45. The lowest BCUT2D eigenvalue weighted by atomic mass is 9.99. The van der Waals surface area contributed by atoms with Gasteiger partial charge in [0.1, 0.15) is 6.10 Å². The zero-order chi connectivity index (χ0) is 8.65. The fourth-order valence-electron chi connectivity index (χ4n) is 1.12. The van der Waals surface area contributed by atoms with Crippen molar-refractivity contribution in [3.63, 3.8) is 0 Å². The maximum absolute atomic E-state index is 11.4. The van der Waals surface area contributed by atoms with Gasteiger partial charge in [0.25, 0.3) is 0 Å². The Morgan fingerprint density at radius 3 is 2.45 bits per heavy atom. The van der Waals surface area contributed by atoms with Gasteiger partial charge in [-0.3, -0.25) is 0 Å². The molecule has 0 radical (unpaired) electrons. The van der Waals surface area contributed by atoms with Gasteiger partial charge in [0.2, 0.25) is 5.04 Å². The van der Waals surface area contributed by atoms with Crippen molar-refractivity contribution in [2.75, 3.05) is 6.26 Å². The molecule has 11 heavy (non-hydrogen) atoms. The predicted octanol–water partition coefficient (Wildman–Crippen LogP) is 0.801. The minimum Gasteiger partial charge on any atom is -0.623 e. The highest BCUT2D eigenvalue weighted by molar-refractivity contribution is 8.13. The van der Waals surface area contributed by atoms with Crippen molar-refractivity contribution in [1.82, 2.24) is 0 Å². The van der Waals surface area contributed by atoms with Crippen LogP contribution in [0.4, 0.5) is 0 Å². The van der Waals surface area contributed by atoms with Crippen LogP contribution in [0.25, 0.3) is 0 Å². The number of aliphatic hydroxyl groups is 1. The first-order valence-corrected chi connectivity index (χ1v) is 4.78. The fraction of sp³-hybridized carbons (Fsp3) is 0.857. The van der Waals surface area contributed by atoms with E-state index < -0.39 is 11.6 Å². The summed E-state index contributed by atoms with van der Waals surface area (Å²) < 4.78 is 0.919. The molecule has 0 fully saturated rings. The fourth-order valence-corrected chi connectivity index (χ4v) is 1.85. The Bertz CT molecular complexity index is 201. The summed E-state index contributed by atoms with van der Waals surface area (Å²) in [5, 5.41) is 21.5. The Hall–Kier alpha value is -0.220. The molecule has 1 heterocycles. The maximum atomic E-state index is 11.4. The van der Waals surface area contributed by atoms with Crippen molar-refractivity contribution in [1.29, 1.82) is 0 Å². The van der Waals surface area contributed by atoms with Crippen LogP contribution in [0.5, 0.6) is 0 Å². The number of hydroxylamine groups is 1.